The minimum atomic E-state index is 0.0414. The molecule has 116 valence electrons. The number of aromatic nitrogens is 4. The van der Waals surface area contributed by atoms with Gasteiger partial charge in [-0.2, -0.15) is 4.98 Å². The van der Waals surface area contributed by atoms with E-state index >= 15 is 0 Å². The number of hydrogen-bond acceptors (Lipinski definition) is 5. The summed E-state index contributed by atoms with van der Waals surface area (Å²) in [5.41, 5.74) is 0. The lowest BCUT2D eigenvalue weighted by atomic mass is 10.1. The zero-order valence-corrected chi connectivity index (χ0v) is 12.4. The third-order valence-electron chi connectivity index (χ3n) is 4.29. The summed E-state index contributed by atoms with van der Waals surface area (Å²) >= 11 is 0. The van der Waals surface area contributed by atoms with E-state index in [0.29, 0.717) is 24.7 Å². The van der Waals surface area contributed by atoms with Crippen molar-refractivity contribution in [3.63, 3.8) is 0 Å². The summed E-state index contributed by atoms with van der Waals surface area (Å²) in [4.78, 5) is 20.7. The van der Waals surface area contributed by atoms with Gasteiger partial charge in [-0.05, 0) is 19.3 Å². The van der Waals surface area contributed by atoms with Crippen LogP contribution in [-0.4, -0.2) is 31.6 Å². The lowest BCUT2D eigenvalue weighted by molar-refractivity contribution is -0.122. The van der Waals surface area contributed by atoms with Gasteiger partial charge >= 0.3 is 0 Å². The summed E-state index contributed by atoms with van der Waals surface area (Å²) in [6.45, 7) is 0.799. The number of rotatable bonds is 5. The molecule has 22 heavy (non-hydrogen) atoms. The molecule has 0 aromatic carbocycles. The normalized spacial score (nSPS) is 20.6. The molecule has 1 saturated carbocycles. The smallest absolute Gasteiger partial charge is 0.227 e. The largest absolute Gasteiger partial charge is 0.352 e. The highest BCUT2D eigenvalue weighted by Gasteiger charge is 2.28. The lowest BCUT2D eigenvalue weighted by Gasteiger charge is -2.24. The van der Waals surface area contributed by atoms with Gasteiger partial charge in [0.25, 0.3) is 0 Å². The van der Waals surface area contributed by atoms with E-state index in [0.717, 1.165) is 43.9 Å². The van der Waals surface area contributed by atoms with Gasteiger partial charge in [-0.3, -0.25) is 4.79 Å². The van der Waals surface area contributed by atoms with Crippen LogP contribution in [-0.2, 0) is 24.2 Å². The molecule has 1 aliphatic carbocycles. The molecule has 1 amide bonds. The Bertz CT molecular complexity index is 673. The monoisotopic (exact) mass is 301 g/mol. The van der Waals surface area contributed by atoms with Gasteiger partial charge in [-0.15, -0.1) is 0 Å². The zero-order chi connectivity index (χ0) is 14.9. The van der Waals surface area contributed by atoms with Gasteiger partial charge in [-0.1, -0.05) is 5.16 Å². The predicted octanol–water partition coefficient (Wildman–Crippen LogP) is 1.21. The molecule has 4 rings (SSSR count). The molecule has 1 atom stereocenters. The number of imidazole rings is 1. The van der Waals surface area contributed by atoms with Crippen LogP contribution in [0, 0.1) is 0 Å². The van der Waals surface area contributed by atoms with Crippen LogP contribution < -0.4 is 5.32 Å². The quantitative estimate of drug-likeness (QED) is 0.897. The Kier molecular flexibility index (Phi) is 3.40. The topological polar surface area (TPSA) is 85.8 Å². The molecule has 0 saturated heterocycles. The minimum absolute atomic E-state index is 0.0414. The number of hydrogen-bond donors (Lipinski definition) is 1. The van der Waals surface area contributed by atoms with Gasteiger partial charge < -0.3 is 14.4 Å². The van der Waals surface area contributed by atoms with Gasteiger partial charge in [0.1, 0.15) is 5.82 Å². The van der Waals surface area contributed by atoms with Crippen molar-refractivity contribution in [2.75, 3.05) is 0 Å². The van der Waals surface area contributed by atoms with Crippen LogP contribution in [0.4, 0.5) is 0 Å². The Morgan fingerprint density at radius 3 is 3.18 bits per heavy atom. The maximum Gasteiger partial charge on any atom is 0.227 e. The maximum absolute atomic E-state index is 12.1. The molecule has 0 bridgehead atoms. The summed E-state index contributed by atoms with van der Waals surface area (Å²) in [6, 6.07) is 0.180. The predicted molar refractivity (Wildman–Crippen MR) is 77.1 cm³/mol. The molecule has 2 aromatic rings. The highest BCUT2D eigenvalue weighted by molar-refractivity contribution is 5.76. The molecule has 7 nitrogen and oxygen atoms in total. The van der Waals surface area contributed by atoms with E-state index < -0.39 is 0 Å². The van der Waals surface area contributed by atoms with Crippen molar-refractivity contribution >= 4 is 5.91 Å². The Balaban J connectivity index is 1.26. The molecule has 3 heterocycles. The van der Waals surface area contributed by atoms with E-state index in [2.05, 4.69) is 25.0 Å². The first-order valence-electron chi connectivity index (χ1n) is 7.90. The maximum atomic E-state index is 12.1. The molecule has 2 aliphatic rings. The fourth-order valence-electron chi connectivity index (χ4n) is 2.88. The molecule has 0 spiro atoms. The Labute approximate surface area is 128 Å². The average molecular weight is 301 g/mol. The van der Waals surface area contributed by atoms with Gasteiger partial charge in [0.2, 0.25) is 11.8 Å². The summed E-state index contributed by atoms with van der Waals surface area (Å²) in [7, 11) is 0. The van der Waals surface area contributed by atoms with Gasteiger partial charge in [0, 0.05) is 50.2 Å². The van der Waals surface area contributed by atoms with Crippen molar-refractivity contribution in [2.45, 2.75) is 57.0 Å². The van der Waals surface area contributed by atoms with Gasteiger partial charge in [0.15, 0.2) is 5.82 Å². The summed E-state index contributed by atoms with van der Waals surface area (Å²) in [5.74, 6) is 2.99. The van der Waals surface area contributed by atoms with Crippen LogP contribution in [0.15, 0.2) is 16.9 Å². The first-order chi connectivity index (χ1) is 10.8. The van der Waals surface area contributed by atoms with E-state index in [9.17, 15) is 4.79 Å². The van der Waals surface area contributed by atoms with Crippen LogP contribution in [0.5, 0.6) is 0 Å². The van der Waals surface area contributed by atoms with Crippen molar-refractivity contribution in [1.29, 1.82) is 0 Å². The lowest BCUT2D eigenvalue weighted by Crippen LogP contribution is -2.41. The number of fused-ring (bicyclic) bond motifs is 1. The van der Waals surface area contributed by atoms with E-state index in [-0.39, 0.29) is 11.9 Å². The van der Waals surface area contributed by atoms with Crippen molar-refractivity contribution < 1.29 is 9.32 Å². The van der Waals surface area contributed by atoms with Gasteiger partial charge in [-0.25, -0.2) is 4.98 Å². The molecule has 1 N–H and O–H groups in total. The molecular formula is C15H19N5O2. The Morgan fingerprint density at radius 1 is 1.41 bits per heavy atom. The fourth-order valence-corrected chi connectivity index (χ4v) is 2.88. The number of nitrogens with zero attached hydrogens (tertiary/aromatic N) is 4. The second kappa shape index (κ2) is 5.55. The fraction of sp³-hybridized carbons (Fsp3) is 0.600. The molecular weight excluding hydrogens is 282 g/mol. The van der Waals surface area contributed by atoms with Crippen LogP contribution in [0.3, 0.4) is 0 Å². The van der Waals surface area contributed by atoms with Crippen molar-refractivity contribution in [1.82, 2.24) is 25.0 Å². The van der Waals surface area contributed by atoms with Crippen LogP contribution in [0.2, 0.25) is 0 Å². The Hall–Kier alpha value is -2.18. The summed E-state index contributed by atoms with van der Waals surface area (Å²) < 4.78 is 7.29. The highest BCUT2D eigenvalue weighted by Crippen LogP contribution is 2.38. The summed E-state index contributed by atoms with van der Waals surface area (Å²) in [5, 5.41) is 7.05. The number of carbonyl (C=O) groups is 1. The van der Waals surface area contributed by atoms with Crippen LogP contribution in [0.1, 0.15) is 49.1 Å². The van der Waals surface area contributed by atoms with Crippen molar-refractivity contribution in [2.24, 2.45) is 0 Å². The SMILES string of the molecule is O=C(CCc1nc(C2CC2)no1)N[C@H]1CCc2nccn2C1. The van der Waals surface area contributed by atoms with Gasteiger partial charge in [0.05, 0.1) is 0 Å². The third kappa shape index (κ3) is 2.88. The first-order valence-corrected chi connectivity index (χ1v) is 7.90. The van der Waals surface area contributed by atoms with Crippen LogP contribution >= 0.6 is 0 Å². The van der Waals surface area contributed by atoms with E-state index in [1.165, 1.54) is 0 Å². The summed E-state index contributed by atoms with van der Waals surface area (Å²) in [6.07, 6.45) is 8.82. The van der Waals surface area contributed by atoms with E-state index in [4.69, 9.17) is 4.52 Å². The average Bonchev–Trinajstić information content (AvgIpc) is 3.08. The standard InChI is InChI=1S/C15H19N5O2/c21-13(5-6-14-18-15(19-22-14)10-1-2-10)17-11-3-4-12-16-7-8-20(12)9-11/h7-8,10-11H,1-6,9H2,(H,17,21)/t11-/m0/s1. The molecule has 1 fully saturated rings. The minimum Gasteiger partial charge on any atom is -0.352 e. The third-order valence-corrected chi connectivity index (χ3v) is 4.29. The van der Waals surface area contributed by atoms with E-state index in [1.807, 2.05) is 12.4 Å². The Morgan fingerprint density at radius 2 is 2.32 bits per heavy atom. The highest BCUT2D eigenvalue weighted by atomic mass is 16.5. The van der Waals surface area contributed by atoms with Crippen molar-refractivity contribution in [3.05, 3.63) is 29.9 Å². The number of nitrogens with one attached hydrogen (secondary N) is 1. The second-order valence-corrected chi connectivity index (χ2v) is 6.12. The van der Waals surface area contributed by atoms with Crippen molar-refractivity contribution in [3.8, 4) is 0 Å². The number of carbonyl (C=O) groups excluding carboxylic acids is 1. The first kappa shape index (κ1) is 13.5. The van der Waals surface area contributed by atoms with Crippen LogP contribution in [0.25, 0.3) is 0 Å². The number of aryl methyl sites for hydroxylation is 2. The number of amides is 1. The molecule has 0 unspecified atom stereocenters. The zero-order valence-electron chi connectivity index (χ0n) is 12.4. The molecule has 1 aliphatic heterocycles. The molecule has 7 heteroatoms. The second-order valence-electron chi connectivity index (χ2n) is 6.12. The molecule has 0 radical (unpaired) electrons. The molecule has 2 aromatic heterocycles. The van der Waals surface area contributed by atoms with E-state index in [1.54, 1.807) is 0 Å².